The molecule has 0 aliphatic carbocycles. The number of likely N-dealkylation sites (tertiary alicyclic amines) is 1. The van der Waals surface area contributed by atoms with Crippen LogP contribution < -0.4 is 0 Å². The minimum absolute atomic E-state index is 0.00476. The Hall–Kier alpha value is -1.30. The Labute approximate surface area is 107 Å². The van der Waals surface area contributed by atoms with Crippen LogP contribution in [0.3, 0.4) is 0 Å². The summed E-state index contributed by atoms with van der Waals surface area (Å²) in [6.07, 6.45) is 1.34. The highest BCUT2D eigenvalue weighted by atomic mass is 16.4. The van der Waals surface area contributed by atoms with Crippen molar-refractivity contribution in [1.82, 2.24) is 9.80 Å². The normalized spacial score (nSPS) is 20.0. The number of urea groups is 1. The van der Waals surface area contributed by atoms with Gasteiger partial charge in [0.05, 0.1) is 12.5 Å². The van der Waals surface area contributed by atoms with Gasteiger partial charge in [-0.25, -0.2) is 4.79 Å². The Morgan fingerprint density at radius 2 is 2.11 bits per heavy atom. The molecule has 1 atom stereocenters. The van der Waals surface area contributed by atoms with E-state index in [1.165, 1.54) is 0 Å². The summed E-state index contributed by atoms with van der Waals surface area (Å²) in [6.45, 7) is 4.82. The zero-order valence-corrected chi connectivity index (χ0v) is 11.0. The summed E-state index contributed by atoms with van der Waals surface area (Å²) in [5.74, 6) is -1.31. The Balaban J connectivity index is 2.66. The fraction of sp³-hybridized carbons (Fsp3) is 0.833. The number of hydrogen-bond donors (Lipinski definition) is 2. The van der Waals surface area contributed by atoms with Gasteiger partial charge in [-0.2, -0.15) is 0 Å². The molecule has 1 aliphatic rings. The first-order valence-electron chi connectivity index (χ1n) is 6.36. The maximum absolute atomic E-state index is 12.2. The van der Waals surface area contributed by atoms with Gasteiger partial charge in [-0.05, 0) is 26.7 Å². The maximum Gasteiger partial charge on any atom is 0.320 e. The zero-order valence-electron chi connectivity index (χ0n) is 11.0. The molecule has 18 heavy (non-hydrogen) atoms. The van der Waals surface area contributed by atoms with E-state index >= 15 is 0 Å². The molecule has 1 aliphatic heterocycles. The second kappa shape index (κ2) is 6.58. The quantitative estimate of drug-likeness (QED) is 0.774. The number of carboxylic acids is 1. The van der Waals surface area contributed by atoms with Crippen LogP contribution in [0.15, 0.2) is 0 Å². The molecular formula is C12H22N2O4. The predicted molar refractivity (Wildman–Crippen MR) is 66.3 cm³/mol. The van der Waals surface area contributed by atoms with E-state index in [1.54, 1.807) is 9.80 Å². The van der Waals surface area contributed by atoms with Crippen molar-refractivity contribution in [3.8, 4) is 0 Å². The van der Waals surface area contributed by atoms with E-state index in [9.17, 15) is 9.59 Å². The monoisotopic (exact) mass is 258 g/mol. The largest absolute Gasteiger partial charge is 0.481 e. The van der Waals surface area contributed by atoms with E-state index in [2.05, 4.69) is 0 Å². The number of amides is 2. The van der Waals surface area contributed by atoms with Crippen molar-refractivity contribution in [3.05, 3.63) is 0 Å². The van der Waals surface area contributed by atoms with Crippen molar-refractivity contribution in [2.45, 2.75) is 32.7 Å². The van der Waals surface area contributed by atoms with Gasteiger partial charge in [-0.1, -0.05) is 0 Å². The van der Waals surface area contributed by atoms with Crippen molar-refractivity contribution in [2.24, 2.45) is 5.92 Å². The molecule has 104 valence electrons. The van der Waals surface area contributed by atoms with Gasteiger partial charge in [0.15, 0.2) is 0 Å². The minimum Gasteiger partial charge on any atom is -0.481 e. The summed E-state index contributed by atoms with van der Waals surface area (Å²) < 4.78 is 0. The number of aliphatic carboxylic acids is 1. The molecular weight excluding hydrogens is 236 g/mol. The molecule has 1 heterocycles. The summed E-state index contributed by atoms with van der Waals surface area (Å²) in [5.41, 5.74) is 0. The third-order valence-corrected chi connectivity index (χ3v) is 3.25. The smallest absolute Gasteiger partial charge is 0.320 e. The molecule has 6 nitrogen and oxygen atoms in total. The highest BCUT2D eigenvalue weighted by Gasteiger charge is 2.31. The summed E-state index contributed by atoms with van der Waals surface area (Å²) in [6, 6.07) is -0.181. The van der Waals surface area contributed by atoms with Crippen molar-refractivity contribution >= 4 is 12.0 Å². The van der Waals surface area contributed by atoms with Crippen LogP contribution in [0.2, 0.25) is 0 Å². The first kappa shape index (κ1) is 14.8. The maximum atomic E-state index is 12.2. The standard InChI is InChI=1S/C12H22N2O4/c1-9(2)14(6-7-15)12(18)13-5-3-4-10(8-13)11(16)17/h9-10,15H,3-8H2,1-2H3,(H,16,17)/t10-/m0/s1. The number of carboxylic acid groups (broad SMARTS) is 1. The molecule has 2 amide bonds. The van der Waals surface area contributed by atoms with Gasteiger partial charge in [0.1, 0.15) is 0 Å². The molecule has 0 radical (unpaired) electrons. The van der Waals surface area contributed by atoms with Crippen molar-refractivity contribution in [2.75, 3.05) is 26.2 Å². The average Bonchev–Trinajstić information content (AvgIpc) is 2.35. The van der Waals surface area contributed by atoms with Crippen LogP contribution in [0.25, 0.3) is 0 Å². The number of carbonyl (C=O) groups is 2. The van der Waals surface area contributed by atoms with E-state index in [1.807, 2.05) is 13.8 Å². The lowest BCUT2D eigenvalue weighted by molar-refractivity contribution is -0.143. The van der Waals surface area contributed by atoms with E-state index in [0.29, 0.717) is 19.4 Å². The Bertz CT molecular complexity index is 306. The topological polar surface area (TPSA) is 81.1 Å². The molecule has 0 aromatic heterocycles. The third kappa shape index (κ3) is 3.60. The van der Waals surface area contributed by atoms with E-state index in [0.717, 1.165) is 0 Å². The first-order chi connectivity index (χ1) is 8.47. The van der Waals surface area contributed by atoms with Crippen LogP contribution in [0, 0.1) is 5.92 Å². The highest BCUT2D eigenvalue weighted by molar-refractivity contribution is 5.77. The van der Waals surface area contributed by atoms with Gasteiger partial charge in [-0.3, -0.25) is 4.79 Å². The van der Waals surface area contributed by atoms with E-state index in [-0.39, 0.29) is 31.8 Å². The minimum atomic E-state index is -0.842. The number of nitrogens with zero attached hydrogens (tertiary/aromatic N) is 2. The lowest BCUT2D eigenvalue weighted by Gasteiger charge is -2.36. The molecule has 6 heteroatoms. The van der Waals surface area contributed by atoms with Crippen molar-refractivity contribution in [3.63, 3.8) is 0 Å². The SMILES string of the molecule is CC(C)N(CCO)C(=O)N1CCC[C@H](C(=O)O)C1. The van der Waals surface area contributed by atoms with Crippen LogP contribution in [0.1, 0.15) is 26.7 Å². The van der Waals surface area contributed by atoms with Crippen molar-refractivity contribution in [1.29, 1.82) is 0 Å². The molecule has 0 unspecified atom stereocenters. The number of rotatable bonds is 4. The molecule has 1 rings (SSSR count). The molecule has 0 saturated carbocycles. The van der Waals surface area contributed by atoms with Crippen LogP contribution in [-0.2, 0) is 4.79 Å². The predicted octanol–water partition coefficient (Wildman–Crippen LogP) is 0.606. The van der Waals surface area contributed by atoms with E-state index in [4.69, 9.17) is 10.2 Å². The molecule has 1 saturated heterocycles. The molecule has 2 N–H and O–H groups in total. The fourth-order valence-electron chi connectivity index (χ4n) is 2.22. The second-order valence-electron chi connectivity index (χ2n) is 4.92. The zero-order chi connectivity index (χ0) is 13.7. The van der Waals surface area contributed by atoms with Crippen LogP contribution >= 0.6 is 0 Å². The summed E-state index contributed by atoms with van der Waals surface area (Å²) in [7, 11) is 0. The third-order valence-electron chi connectivity index (χ3n) is 3.25. The lowest BCUT2D eigenvalue weighted by Crippen LogP contribution is -2.51. The fourth-order valence-corrected chi connectivity index (χ4v) is 2.22. The molecule has 0 bridgehead atoms. The van der Waals surface area contributed by atoms with Gasteiger partial charge >= 0.3 is 12.0 Å². The van der Waals surface area contributed by atoms with Gasteiger partial charge in [0, 0.05) is 25.7 Å². The number of aliphatic hydroxyl groups excluding tert-OH is 1. The van der Waals surface area contributed by atoms with Gasteiger partial charge in [0.2, 0.25) is 0 Å². The average molecular weight is 258 g/mol. The molecule has 0 aromatic carbocycles. The molecule has 1 fully saturated rings. The summed E-state index contributed by atoms with van der Waals surface area (Å²) in [4.78, 5) is 26.4. The molecule has 0 spiro atoms. The highest BCUT2D eigenvalue weighted by Crippen LogP contribution is 2.18. The summed E-state index contributed by atoms with van der Waals surface area (Å²) >= 11 is 0. The number of hydrogen-bond acceptors (Lipinski definition) is 3. The second-order valence-corrected chi connectivity index (χ2v) is 4.92. The van der Waals surface area contributed by atoms with E-state index < -0.39 is 11.9 Å². The number of aliphatic hydroxyl groups is 1. The van der Waals surface area contributed by atoms with Gasteiger partial charge in [0.25, 0.3) is 0 Å². The molecule has 0 aromatic rings. The van der Waals surface area contributed by atoms with Crippen LogP contribution in [-0.4, -0.2) is 64.3 Å². The lowest BCUT2D eigenvalue weighted by atomic mass is 9.98. The Kier molecular flexibility index (Phi) is 5.40. The summed E-state index contributed by atoms with van der Waals surface area (Å²) in [5, 5.41) is 18.0. The van der Waals surface area contributed by atoms with Crippen LogP contribution in [0.5, 0.6) is 0 Å². The van der Waals surface area contributed by atoms with Crippen molar-refractivity contribution < 1.29 is 19.8 Å². The Morgan fingerprint density at radius 3 is 2.61 bits per heavy atom. The number of carbonyl (C=O) groups excluding carboxylic acids is 1. The van der Waals surface area contributed by atoms with Crippen LogP contribution in [0.4, 0.5) is 4.79 Å². The number of piperidine rings is 1. The first-order valence-corrected chi connectivity index (χ1v) is 6.36. The Morgan fingerprint density at radius 1 is 1.44 bits per heavy atom. The van der Waals surface area contributed by atoms with Gasteiger partial charge in [-0.15, -0.1) is 0 Å². The van der Waals surface area contributed by atoms with Gasteiger partial charge < -0.3 is 20.0 Å².